The summed E-state index contributed by atoms with van der Waals surface area (Å²) in [6, 6.07) is 14.5. The zero-order chi connectivity index (χ0) is 20.9. The fourth-order valence-corrected chi connectivity index (χ4v) is 5.78. The van der Waals surface area contributed by atoms with E-state index in [0.717, 1.165) is 41.3 Å². The molecule has 1 saturated heterocycles. The van der Waals surface area contributed by atoms with Crippen molar-refractivity contribution in [1.82, 2.24) is 9.29 Å². The van der Waals surface area contributed by atoms with Gasteiger partial charge in [-0.05, 0) is 73.7 Å². The van der Waals surface area contributed by atoms with Crippen molar-refractivity contribution in [3.63, 3.8) is 0 Å². The molecule has 6 nitrogen and oxygen atoms in total. The van der Waals surface area contributed by atoms with Crippen molar-refractivity contribution in [1.29, 1.82) is 0 Å². The molecule has 0 spiro atoms. The Bertz CT molecular complexity index is 1250. The summed E-state index contributed by atoms with van der Waals surface area (Å²) in [5.74, 6) is 0.547. The molecular formula is C23H23N3O3S. The Hall–Kier alpha value is -2.77. The number of hydrogen-bond donors (Lipinski definition) is 0. The van der Waals surface area contributed by atoms with Crippen molar-refractivity contribution in [3.8, 4) is 0 Å². The Kier molecular flexibility index (Phi) is 4.60. The Morgan fingerprint density at radius 2 is 1.70 bits per heavy atom. The van der Waals surface area contributed by atoms with Crippen LogP contribution < -0.4 is 4.90 Å². The highest BCUT2D eigenvalue weighted by atomic mass is 32.2. The number of hydrogen-bond acceptors (Lipinski definition) is 4. The molecule has 3 heterocycles. The van der Waals surface area contributed by atoms with Gasteiger partial charge in [0.05, 0.1) is 10.4 Å². The molecule has 7 heteroatoms. The van der Waals surface area contributed by atoms with E-state index < -0.39 is 10.0 Å². The smallest absolute Gasteiger partial charge is 0.259 e. The number of aryl methyl sites for hydroxylation is 1. The fourth-order valence-electron chi connectivity index (χ4n) is 4.27. The van der Waals surface area contributed by atoms with Crippen LogP contribution in [-0.4, -0.2) is 43.2 Å². The molecule has 3 aromatic rings. The molecule has 0 aliphatic carbocycles. The number of benzene rings is 2. The van der Waals surface area contributed by atoms with Gasteiger partial charge in [0.2, 0.25) is 10.0 Å². The molecular weight excluding hydrogens is 398 g/mol. The van der Waals surface area contributed by atoms with E-state index in [1.54, 1.807) is 17.0 Å². The topological polar surface area (TPSA) is 70.6 Å². The zero-order valence-electron chi connectivity index (χ0n) is 16.8. The minimum Gasteiger partial charge on any atom is -0.292 e. The number of carbonyl (C=O) groups is 1. The average Bonchev–Trinajstić information content (AvgIpc) is 3.42. The van der Waals surface area contributed by atoms with E-state index in [0.29, 0.717) is 31.0 Å². The van der Waals surface area contributed by atoms with Crippen LogP contribution in [0.5, 0.6) is 0 Å². The lowest BCUT2D eigenvalue weighted by Crippen LogP contribution is -2.30. The molecule has 0 unspecified atom stereocenters. The fraction of sp³-hybridized carbons (Fsp3) is 0.304. The van der Waals surface area contributed by atoms with Gasteiger partial charge in [0.1, 0.15) is 5.82 Å². The minimum absolute atomic E-state index is 0.154. The Balaban J connectivity index is 1.43. The first-order valence-corrected chi connectivity index (χ1v) is 11.7. The number of fused-ring (bicyclic) bond motifs is 2. The maximum absolute atomic E-state index is 13.2. The van der Waals surface area contributed by atoms with E-state index >= 15 is 0 Å². The third-order valence-corrected chi connectivity index (χ3v) is 7.85. The van der Waals surface area contributed by atoms with Crippen LogP contribution in [0.25, 0.3) is 10.9 Å². The predicted octanol–water partition coefficient (Wildman–Crippen LogP) is 3.53. The number of rotatable bonds is 3. The quantitative estimate of drug-likeness (QED) is 0.649. The molecule has 1 fully saturated rings. The van der Waals surface area contributed by atoms with Gasteiger partial charge in [0.15, 0.2) is 0 Å². The number of amides is 1. The number of pyridine rings is 1. The van der Waals surface area contributed by atoms with Crippen molar-refractivity contribution < 1.29 is 13.2 Å². The van der Waals surface area contributed by atoms with Crippen LogP contribution in [0.3, 0.4) is 0 Å². The maximum atomic E-state index is 13.2. The van der Waals surface area contributed by atoms with Crippen LogP contribution in [0, 0.1) is 6.92 Å². The average molecular weight is 422 g/mol. The van der Waals surface area contributed by atoms with Gasteiger partial charge in [0, 0.05) is 30.6 Å². The standard InChI is InChI=1S/C23H23N3O3S/c1-16-4-5-18-15-19-10-13-26(22(19)24-21(18)14-16)23(27)17-6-8-20(9-7-17)30(28,29)25-11-2-3-12-25/h4-9,14-15H,2-3,10-13H2,1H3. The van der Waals surface area contributed by atoms with E-state index in [2.05, 4.69) is 18.2 Å². The number of carbonyl (C=O) groups excluding carboxylic acids is 1. The Morgan fingerprint density at radius 1 is 0.967 bits per heavy atom. The molecule has 154 valence electrons. The van der Waals surface area contributed by atoms with Gasteiger partial charge in [-0.2, -0.15) is 4.31 Å². The lowest BCUT2D eigenvalue weighted by Gasteiger charge is -2.18. The largest absolute Gasteiger partial charge is 0.292 e. The Morgan fingerprint density at radius 3 is 2.43 bits per heavy atom. The van der Waals surface area contributed by atoms with Gasteiger partial charge < -0.3 is 0 Å². The first kappa shape index (κ1) is 19.2. The molecule has 0 N–H and O–H groups in total. The molecule has 0 saturated carbocycles. The first-order valence-electron chi connectivity index (χ1n) is 10.3. The summed E-state index contributed by atoms with van der Waals surface area (Å²) < 4.78 is 26.9. The predicted molar refractivity (Wildman–Crippen MR) is 116 cm³/mol. The van der Waals surface area contributed by atoms with Crippen LogP contribution in [-0.2, 0) is 16.4 Å². The molecule has 2 aliphatic rings. The van der Waals surface area contributed by atoms with Crippen LogP contribution >= 0.6 is 0 Å². The molecule has 30 heavy (non-hydrogen) atoms. The molecule has 2 aromatic carbocycles. The zero-order valence-corrected chi connectivity index (χ0v) is 17.7. The normalized spacial score (nSPS) is 16.9. The summed E-state index contributed by atoms with van der Waals surface area (Å²) in [6.45, 7) is 3.72. The van der Waals surface area contributed by atoms with Gasteiger partial charge in [-0.1, -0.05) is 12.1 Å². The third-order valence-electron chi connectivity index (χ3n) is 5.94. The van der Waals surface area contributed by atoms with Gasteiger partial charge in [-0.3, -0.25) is 9.69 Å². The summed E-state index contributed by atoms with van der Waals surface area (Å²) in [5, 5.41) is 1.07. The molecule has 0 radical (unpaired) electrons. The van der Waals surface area contributed by atoms with Crippen molar-refractivity contribution >= 4 is 32.7 Å². The summed E-state index contributed by atoms with van der Waals surface area (Å²) in [6.07, 6.45) is 2.55. The van der Waals surface area contributed by atoms with E-state index in [-0.39, 0.29) is 10.8 Å². The summed E-state index contributed by atoms with van der Waals surface area (Å²) in [4.78, 5) is 19.8. The third kappa shape index (κ3) is 3.18. The summed E-state index contributed by atoms with van der Waals surface area (Å²) in [7, 11) is -3.48. The van der Waals surface area contributed by atoms with Crippen molar-refractivity contribution in [2.75, 3.05) is 24.5 Å². The minimum atomic E-state index is -3.48. The highest BCUT2D eigenvalue weighted by molar-refractivity contribution is 7.89. The van der Waals surface area contributed by atoms with Gasteiger partial charge in [-0.15, -0.1) is 0 Å². The SMILES string of the molecule is Cc1ccc2cc3c(nc2c1)N(C(=O)c1ccc(S(=O)(=O)N2CCCC2)cc1)CC3. The van der Waals surface area contributed by atoms with Gasteiger partial charge in [-0.25, -0.2) is 13.4 Å². The second-order valence-electron chi connectivity index (χ2n) is 8.01. The Labute approximate surface area is 176 Å². The number of sulfonamides is 1. The van der Waals surface area contributed by atoms with Crippen LogP contribution in [0.1, 0.15) is 34.3 Å². The van der Waals surface area contributed by atoms with E-state index in [4.69, 9.17) is 4.98 Å². The summed E-state index contributed by atoms with van der Waals surface area (Å²) in [5.41, 5.74) is 3.53. The molecule has 1 aromatic heterocycles. The van der Waals surface area contributed by atoms with Crippen LogP contribution in [0.4, 0.5) is 5.82 Å². The molecule has 0 atom stereocenters. The van der Waals surface area contributed by atoms with Crippen molar-refractivity contribution in [3.05, 3.63) is 65.2 Å². The summed E-state index contributed by atoms with van der Waals surface area (Å²) >= 11 is 0. The van der Waals surface area contributed by atoms with Crippen LogP contribution in [0.2, 0.25) is 0 Å². The molecule has 0 bridgehead atoms. The first-order chi connectivity index (χ1) is 14.4. The van der Waals surface area contributed by atoms with E-state index in [1.165, 1.54) is 16.4 Å². The number of nitrogens with zero attached hydrogens (tertiary/aromatic N) is 3. The van der Waals surface area contributed by atoms with Crippen molar-refractivity contribution in [2.45, 2.75) is 31.1 Å². The van der Waals surface area contributed by atoms with E-state index in [9.17, 15) is 13.2 Å². The van der Waals surface area contributed by atoms with Crippen molar-refractivity contribution in [2.24, 2.45) is 0 Å². The molecule has 1 amide bonds. The van der Waals surface area contributed by atoms with Crippen LogP contribution in [0.15, 0.2) is 53.4 Å². The lowest BCUT2D eigenvalue weighted by atomic mass is 10.1. The monoisotopic (exact) mass is 421 g/mol. The molecule has 2 aliphatic heterocycles. The number of anilines is 1. The second kappa shape index (κ2) is 7.18. The molecule has 5 rings (SSSR count). The number of aromatic nitrogens is 1. The highest BCUT2D eigenvalue weighted by Gasteiger charge is 2.29. The van der Waals surface area contributed by atoms with Gasteiger partial charge in [0.25, 0.3) is 5.91 Å². The maximum Gasteiger partial charge on any atom is 0.259 e. The van der Waals surface area contributed by atoms with Gasteiger partial charge >= 0.3 is 0 Å². The van der Waals surface area contributed by atoms with E-state index in [1.807, 2.05) is 13.0 Å². The lowest BCUT2D eigenvalue weighted by molar-refractivity contribution is 0.0988. The highest BCUT2D eigenvalue weighted by Crippen LogP contribution is 2.31. The second-order valence-corrected chi connectivity index (χ2v) is 9.95.